The molecule has 0 bridgehead atoms. The summed E-state index contributed by atoms with van der Waals surface area (Å²) >= 11 is 2.93. The zero-order valence-corrected chi connectivity index (χ0v) is 14.3. The van der Waals surface area contributed by atoms with Gasteiger partial charge < -0.3 is 0 Å². The molecule has 3 nitrogen and oxygen atoms in total. The molecule has 0 heterocycles. The third-order valence-electron chi connectivity index (χ3n) is 3.02. The summed E-state index contributed by atoms with van der Waals surface area (Å²) in [5.74, 6) is 0. The average molecular weight is 448 g/mol. The molecule has 0 radical (unpaired) electrons. The molecule has 2 aromatic rings. The van der Waals surface area contributed by atoms with Crippen LogP contribution in [0.5, 0.6) is 0 Å². The summed E-state index contributed by atoms with van der Waals surface area (Å²) in [5.41, 5.74) is -4.15. The molecule has 1 N–H and O–H groups in total. The Labute approximate surface area is 146 Å². The first kappa shape index (κ1) is 19.6. The summed E-state index contributed by atoms with van der Waals surface area (Å²) in [6.07, 6.45) is -9.98. The second-order valence-electron chi connectivity index (χ2n) is 4.79. The predicted molar refractivity (Wildman–Crippen MR) is 81.4 cm³/mol. The number of nitrogens with one attached hydrogen (secondary N) is 1. The second-order valence-corrected chi connectivity index (χ2v) is 7.30. The van der Waals surface area contributed by atoms with Crippen molar-refractivity contribution in [3.63, 3.8) is 0 Å². The molecule has 0 aliphatic heterocycles. The molecule has 2 rings (SSSR count). The Morgan fingerprint density at radius 2 is 1.48 bits per heavy atom. The predicted octanol–water partition coefficient (Wildman–Crippen LogP) is 5.29. The summed E-state index contributed by atoms with van der Waals surface area (Å²) in [6.45, 7) is 0. The standard InChI is InChI=1S/C14H8BrF6NO2S/c15-10-3-1-2-4-12(10)25(23,24)22-11-7-8(13(16,17)18)5-6-9(11)14(19,20)21/h1-7,22H. The van der Waals surface area contributed by atoms with Crippen LogP contribution in [0.2, 0.25) is 0 Å². The maximum atomic E-state index is 13.0. The second kappa shape index (κ2) is 6.52. The van der Waals surface area contributed by atoms with Crippen LogP contribution >= 0.6 is 15.9 Å². The lowest BCUT2D eigenvalue weighted by Gasteiger charge is -2.17. The minimum absolute atomic E-state index is 0.0445. The Hall–Kier alpha value is -1.75. The smallest absolute Gasteiger partial charge is 0.279 e. The van der Waals surface area contributed by atoms with E-state index in [1.165, 1.54) is 18.2 Å². The van der Waals surface area contributed by atoms with E-state index in [1.54, 1.807) is 4.72 Å². The van der Waals surface area contributed by atoms with Crippen molar-refractivity contribution in [3.05, 3.63) is 58.1 Å². The molecule has 0 fully saturated rings. The fourth-order valence-electron chi connectivity index (χ4n) is 1.91. The van der Waals surface area contributed by atoms with E-state index < -0.39 is 44.1 Å². The van der Waals surface area contributed by atoms with E-state index in [1.807, 2.05) is 0 Å². The number of rotatable bonds is 3. The Morgan fingerprint density at radius 1 is 0.880 bits per heavy atom. The summed E-state index contributed by atoms with van der Waals surface area (Å²) in [5, 5.41) is 0. The highest BCUT2D eigenvalue weighted by molar-refractivity contribution is 9.10. The highest BCUT2D eigenvalue weighted by Gasteiger charge is 2.38. The van der Waals surface area contributed by atoms with E-state index in [9.17, 15) is 34.8 Å². The zero-order chi connectivity index (χ0) is 19.0. The van der Waals surface area contributed by atoms with Crippen molar-refractivity contribution in [1.82, 2.24) is 0 Å². The van der Waals surface area contributed by atoms with Crippen LogP contribution in [0.25, 0.3) is 0 Å². The first-order chi connectivity index (χ1) is 11.3. The molecule has 0 saturated heterocycles. The first-order valence-electron chi connectivity index (χ1n) is 6.38. The highest BCUT2D eigenvalue weighted by atomic mass is 79.9. The van der Waals surface area contributed by atoms with Crippen molar-refractivity contribution in [1.29, 1.82) is 0 Å². The van der Waals surface area contributed by atoms with Crippen molar-refractivity contribution >= 4 is 31.6 Å². The maximum absolute atomic E-state index is 13.0. The van der Waals surface area contributed by atoms with E-state index in [0.29, 0.717) is 0 Å². The van der Waals surface area contributed by atoms with Gasteiger partial charge in [-0.25, -0.2) is 8.42 Å². The molecule has 11 heteroatoms. The van der Waals surface area contributed by atoms with Gasteiger partial charge in [-0.3, -0.25) is 4.72 Å². The van der Waals surface area contributed by atoms with E-state index in [0.717, 1.165) is 6.07 Å². The maximum Gasteiger partial charge on any atom is 0.418 e. The van der Waals surface area contributed by atoms with Gasteiger partial charge in [0.1, 0.15) is 4.90 Å². The van der Waals surface area contributed by atoms with Crippen LogP contribution in [-0.2, 0) is 22.4 Å². The summed E-state index contributed by atoms with van der Waals surface area (Å²) < 4.78 is 103. The van der Waals surface area contributed by atoms with Crippen LogP contribution in [0, 0.1) is 0 Å². The van der Waals surface area contributed by atoms with Crippen LogP contribution in [0.3, 0.4) is 0 Å². The normalized spacial score (nSPS) is 12.9. The van der Waals surface area contributed by atoms with Gasteiger partial charge in [0.05, 0.1) is 16.8 Å². The van der Waals surface area contributed by atoms with Gasteiger partial charge in [-0.15, -0.1) is 0 Å². The van der Waals surface area contributed by atoms with Gasteiger partial charge in [0.15, 0.2) is 0 Å². The van der Waals surface area contributed by atoms with Crippen LogP contribution in [0.15, 0.2) is 51.8 Å². The largest absolute Gasteiger partial charge is 0.418 e. The zero-order valence-electron chi connectivity index (χ0n) is 11.9. The Kier molecular flexibility index (Phi) is 5.11. The molecular formula is C14H8BrF6NO2S. The van der Waals surface area contributed by atoms with Gasteiger partial charge in [-0.1, -0.05) is 12.1 Å². The monoisotopic (exact) mass is 447 g/mol. The van der Waals surface area contributed by atoms with Crippen molar-refractivity contribution in [3.8, 4) is 0 Å². The molecule has 0 saturated carbocycles. The molecule has 0 spiro atoms. The van der Waals surface area contributed by atoms with Gasteiger partial charge in [0.2, 0.25) is 0 Å². The molecule has 25 heavy (non-hydrogen) atoms. The number of alkyl halides is 6. The first-order valence-corrected chi connectivity index (χ1v) is 8.66. The molecule has 2 aromatic carbocycles. The molecule has 136 valence electrons. The van der Waals surface area contributed by atoms with Gasteiger partial charge in [0, 0.05) is 4.47 Å². The minimum atomic E-state index is -5.05. The number of benzene rings is 2. The molecule has 0 aromatic heterocycles. The SMILES string of the molecule is O=S(=O)(Nc1cc(C(F)(F)F)ccc1C(F)(F)F)c1ccccc1Br. The fraction of sp³-hybridized carbons (Fsp3) is 0.143. The van der Waals surface area contributed by atoms with Crippen LogP contribution in [-0.4, -0.2) is 8.42 Å². The van der Waals surface area contributed by atoms with E-state index in [2.05, 4.69) is 15.9 Å². The van der Waals surface area contributed by atoms with Crippen LogP contribution in [0.4, 0.5) is 32.0 Å². The van der Waals surface area contributed by atoms with Crippen LogP contribution in [0.1, 0.15) is 11.1 Å². The van der Waals surface area contributed by atoms with Gasteiger partial charge >= 0.3 is 12.4 Å². The fourth-order valence-corrected chi connectivity index (χ4v) is 3.99. The molecule has 0 aliphatic rings. The number of halogens is 7. The van der Waals surface area contributed by atoms with Gasteiger partial charge in [-0.05, 0) is 46.3 Å². The van der Waals surface area contributed by atoms with E-state index in [4.69, 9.17) is 0 Å². The third kappa shape index (κ3) is 4.46. The van der Waals surface area contributed by atoms with E-state index in [-0.39, 0.29) is 22.7 Å². The highest BCUT2D eigenvalue weighted by Crippen LogP contribution is 2.40. The average Bonchev–Trinajstić information content (AvgIpc) is 2.44. The van der Waals surface area contributed by atoms with Crippen molar-refractivity contribution < 1.29 is 34.8 Å². The summed E-state index contributed by atoms with van der Waals surface area (Å²) in [6, 6.07) is 5.72. The van der Waals surface area contributed by atoms with Crippen LogP contribution < -0.4 is 4.72 Å². The Balaban J connectivity index is 2.59. The summed E-state index contributed by atoms with van der Waals surface area (Å²) in [4.78, 5) is -0.416. The lowest BCUT2D eigenvalue weighted by Crippen LogP contribution is -2.19. The van der Waals surface area contributed by atoms with E-state index >= 15 is 0 Å². The van der Waals surface area contributed by atoms with Crippen molar-refractivity contribution in [2.45, 2.75) is 17.2 Å². The molecule has 0 aliphatic carbocycles. The number of anilines is 1. The number of sulfonamides is 1. The molecular weight excluding hydrogens is 440 g/mol. The molecule has 0 amide bonds. The number of hydrogen-bond acceptors (Lipinski definition) is 2. The third-order valence-corrected chi connectivity index (χ3v) is 5.40. The molecule has 0 atom stereocenters. The quantitative estimate of drug-likeness (QED) is 0.650. The number of hydrogen-bond donors (Lipinski definition) is 1. The minimum Gasteiger partial charge on any atom is -0.279 e. The Bertz CT molecular complexity index is 893. The van der Waals surface area contributed by atoms with Crippen molar-refractivity contribution in [2.24, 2.45) is 0 Å². The van der Waals surface area contributed by atoms with Gasteiger partial charge in [0.25, 0.3) is 10.0 Å². The summed E-state index contributed by atoms with van der Waals surface area (Å²) in [7, 11) is -4.55. The lowest BCUT2D eigenvalue weighted by molar-refractivity contribution is -0.140. The van der Waals surface area contributed by atoms with Crippen molar-refractivity contribution in [2.75, 3.05) is 4.72 Å². The Morgan fingerprint density at radius 3 is 2.00 bits per heavy atom. The van der Waals surface area contributed by atoms with Gasteiger partial charge in [-0.2, -0.15) is 26.3 Å². The topological polar surface area (TPSA) is 46.2 Å². The molecule has 0 unspecified atom stereocenters. The lowest BCUT2D eigenvalue weighted by atomic mass is 10.1.